The van der Waals surface area contributed by atoms with Crippen molar-refractivity contribution in [2.75, 3.05) is 12.3 Å². The molecule has 0 amide bonds. The van der Waals surface area contributed by atoms with Crippen molar-refractivity contribution in [1.82, 2.24) is 5.32 Å². The lowest BCUT2D eigenvalue weighted by molar-refractivity contribution is 0.0934. The molecule has 24 heavy (non-hydrogen) atoms. The molecule has 132 valence electrons. The van der Waals surface area contributed by atoms with E-state index in [-0.39, 0.29) is 11.8 Å². The number of hydrogen-bond donors (Lipinski definition) is 2. The van der Waals surface area contributed by atoms with Crippen molar-refractivity contribution in [2.24, 2.45) is 17.8 Å². The Bertz CT molecular complexity index is 601. The number of Topliss-reactive ketones (excluding diaryl/α,β-unsaturated/α-hetero) is 1. The standard InChI is InChI=1S/C20H30N2O2/c1-4-24-19-8-7-16(11-18(19)21)20(23)13(3)22-12(2)17-10-14-5-6-15(17)9-14/h7-8,11-15,17,22H,4-6,9-10,21H2,1-3H3. The van der Waals surface area contributed by atoms with Crippen molar-refractivity contribution in [1.29, 1.82) is 0 Å². The molecule has 1 aromatic carbocycles. The maximum absolute atomic E-state index is 12.7. The Labute approximate surface area is 145 Å². The quantitative estimate of drug-likeness (QED) is 0.591. The number of benzene rings is 1. The Morgan fingerprint density at radius 2 is 2.12 bits per heavy atom. The average molecular weight is 330 g/mol. The molecule has 0 heterocycles. The minimum Gasteiger partial charge on any atom is -0.492 e. The molecule has 2 fully saturated rings. The minimum atomic E-state index is -0.198. The van der Waals surface area contributed by atoms with Crippen LogP contribution >= 0.6 is 0 Å². The third kappa shape index (κ3) is 3.44. The number of nitrogens with two attached hydrogens (primary N) is 1. The molecule has 0 spiro atoms. The highest BCUT2D eigenvalue weighted by Crippen LogP contribution is 2.49. The van der Waals surface area contributed by atoms with E-state index >= 15 is 0 Å². The zero-order chi connectivity index (χ0) is 17.3. The van der Waals surface area contributed by atoms with Crippen molar-refractivity contribution >= 4 is 11.5 Å². The first-order valence-corrected chi connectivity index (χ1v) is 9.32. The molecular weight excluding hydrogens is 300 g/mol. The van der Waals surface area contributed by atoms with Gasteiger partial charge in [0.25, 0.3) is 0 Å². The molecule has 4 heteroatoms. The van der Waals surface area contributed by atoms with Crippen LogP contribution in [0.25, 0.3) is 0 Å². The van der Waals surface area contributed by atoms with Crippen LogP contribution in [0.15, 0.2) is 18.2 Å². The zero-order valence-electron chi connectivity index (χ0n) is 15.0. The minimum absolute atomic E-state index is 0.0970. The number of rotatable bonds is 7. The molecule has 4 nitrogen and oxygen atoms in total. The molecule has 2 saturated carbocycles. The fraction of sp³-hybridized carbons (Fsp3) is 0.650. The van der Waals surface area contributed by atoms with Gasteiger partial charge in [-0.1, -0.05) is 6.42 Å². The fourth-order valence-electron chi connectivity index (χ4n) is 4.74. The van der Waals surface area contributed by atoms with Crippen LogP contribution in [-0.2, 0) is 0 Å². The molecule has 5 atom stereocenters. The van der Waals surface area contributed by atoms with Crippen LogP contribution in [0.3, 0.4) is 0 Å². The summed E-state index contributed by atoms with van der Waals surface area (Å²) < 4.78 is 5.44. The van der Waals surface area contributed by atoms with Gasteiger partial charge in [-0.05, 0) is 76.0 Å². The van der Waals surface area contributed by atoms with E-state index in [1.54, 1.807) is 12.1 Å². The summed E-state index contributed by atoms with van der Waals surface area (Å²) in [6.07, 6.45) is 5.51. The lowest BCUT2D eigenvalue weighted by Crippen LogP contribution is -2.44. The number of nitrogens with one attached hydrogen (secondary N) is 1. The first kappa shape index (κ1) is 17.3. The fourth-order valence-corrected chi connectivity index (χ4v) is 4.74. The van der Waals surface area contributed by atoms with Gasteiger partial charge in [-0.2, -0.15) is 0 Å². The van der Waals surface area contributed by atoms with Gasteiger partial charge in [0.15, 0.2) is 5.78 Å². The normalized spacial score (nSPS) is 27.9. The maximum Gasteiger partial charge on any atom is 0.179 e. The van der Waals surface area contributed by atoms with Crippen LogP contribution in [0, 0.1) is 17.8 Å². The van der Waals surface area contributed by atoms with Gasteiger partial charge in [0.1, 0.15) is 5.75 Å². The summed E-state index contributed by atoms with van der Waals surface area (Å²) in [5.41, 5.74) is 7.16. The first-order valence-electron chi connectivity index (χ1n) is 9.32. The third-order valence-corrected chi connectivity index (χ3v) is 5.94. The second-order valence-electron chi connectivity index (χ2n) is 7.57. The second-order valence-corrected chi connectivity index (χ2v) is 7.57. The second kappa shape index (κ2) is 7.14. The third-order valence-electron chi connectivity index (χ3n) is 5.94. The molecule has 0 saturated heterocycles. The monoisotopic (exact) mass is 330 g/mol. The summed E-state index contributed by atoms with van der Waals surface area (Å²) in [5, 5.41) is 3.54. The number of hydrogen-bond acceptors (Lipinski definition) is 4. The number of ether oxygens (including phenoxy) is 1. The molecule has 2 aliphatic rings. The molecule has 2 aliphatic carbocycles. The molecule has 0 aliphatic heterocycles. The Balaban J connectivity index is 1.61. The highest BCUT2D eigenvalue weighted by molar-refractivity contribution is 6.00. The number of carbonyl (C=O) groups is 1. The number of carbonyl (C=O) groups excluding carboxylic acids is 1. The molecule has 0 radical (unpaired) electrons. The van der Waals surface area contributed by atoms with E-state index in [9.17, 15) is 4.79 Å². The molecule has 1 aromatic rings. The van der Waals surface area contributed by atoms with Gasteiger partial charge in [0, 0.05) is 11.6 Å². The number of anilines is 1. The molecule has 2 bridgehead atoms. The van der Waals surface area contributed by atoms with Crippen LogP contribution in [0.4, 0.5) is 5.69 Å². The summed E-state index contributed by atoms with van der Waals surface area (Å²) in [6.45, 7) is 6.68. The van der Waals surface area contributed by atoms with Crippen molar-refractivity contribution in [3.8, 4) is 5.75 Å². The highest BCUT2D eigenvalue weighted by atomic mass is 16.5. The van der Waals surface area contributed by atoms with Gasteiger partial charge in [-0.25, -0.2) is 0 Å². The molecule has 0 aromatic heterocycles. The Hall–Kier alpha value is -1.55. The molecule has 3 N–H and O–H groups in total. The van der Waals surface area contributed by atoms with Crippen molar-refractivity contribution < 1.29 is 9.53 Å². The van der Waals surface area contributed by atoms with Crippen LogP contribution < -0.4 is 15.8 Å². The summed E-state index contributed by atoms with van der Waals surface area (Å²) >= 11 is 0. The molecule has 5 unspecified atom stereocenters. The predicted molar refractivity (Wildman–Crippen MR) is 97.4 cm³/mol. The van der Waals surface area contributed by atoms with E-state index in [2.05, 4.69) is 12.2 Å². The van der Waals surface area contributed by atoms with E-state index in [4.69, 9.17) is 10.5 Å². The summed E-state index contributed by atoms with van der Waals surface area (Å²) in [4.78, 5) is 12.7. The smallest absolute Gasteiger partial charge is 0.179 e. The van der Waals surface area contributed by atoms with Crippen LogP contribution in [0.1, 0.15) is 56.8 Å². The van der Waals surface area contributed by atoms with Crippen LogP contribution in [0.5, 0.6) is 5.75 Å². The maximum atomic E-state index is 12.7. The van der Waals surface area contributed by atoms with Gasteiger partial charge in [0.05, 0.1) is 18.3 Å². The van der Waals surface area contributed by atoms with Crippen molar-refractivity contribution in [3.05, 3.63) is 23.8 Å². The number of fused-ring (bicyclic) bond motifs is 2. The van der Waals surface area contributed by atoms with Gasteiger partial charge in [-0.15, -0.1) is 0 Å². The van der Waals surface area contributed by atoms with Crippen LogP contribution in [0.2, 0.25) is 0 Å². The van der Waals surface area contributed by atoms with Gasteiger partial charge in [-0.3, -0.25) is 4.79 Å². The predicted octanol–water partition coefficient (Wildman–Crippen LogP) is 3.65. The van der Waals surface area contributed by atoms with E-state index in [0.717, 1.165) is 17.8 Å². The van der Waals surface area contributed by atoms with Crippen molar-refractivity contribution in [3.63, 3.8) is 0 Å². The largest absolute Gasteiger partial charge is 0.492 e. The number of nitrogen functional groups attached to an aromatic ring is 1. The summed E-state index contributed by atoms with van der Waals surface area (Å²) in [5.74, 6) is 3.26. The molecule has 3 rings (SSSR count). The van der Waals surface area contributed by atoms with Gasteiger partial charge in [0.2, 0.25) is 0 Å². The van der Waals surface area contributed by atoms with E-state index in [0.29, 0.717) is 29.6 Å². The Morgan fingerprint density at radius 1 is 1.33 bits per heavy atom. The topological polar surface area (TPSA) is 64.3 Å². The zero-order valence-corrected chi connectivity index (χ0v) is 15.0. The lowest BCUT2D eigenvalue weighted by Gasteiger charge is -2.30. The molecular formula is C20H30N2O2. The van der Waals surface area contributed by atoms with Crippen molar-refractivity contribution in [2.45, 2.75) is 58.5 Å². The van der Waals surface area contributed by atoms with E-state index < -0.39 is 0 Å². The van der Waals surface area contributed by atoms with Gasteiger partial charge >= 0.3 is 0 Å². The highest BCUT2D eigenvalue weighted by Gasteiger charge is 2.42. The Morgan fingerprint density at radius 3 is 2.71 bits per heavy atom. The Kier molecular flexibility index (Phi) is 5.14. The summed E-state index contributed by atoms with van der Waals surface area (Å²) in [7, 11) is 0. The SMILES string of the molecule is CCOc1ccc(C(=O)C(C)NC(C)C2CC3CCC2C3)cc1N. The van der Waals surface area contributed by atoms with E-state index in [1.807, 2.05) is 19.9 Å². The summed E-state index contributed by atoms with van der Waals surface area (Å²) in [6, 6.07) is 5.52. The van der Waals surface area contributed by atoms with E-state index in [1.165, 1.54) is 25.7 Å². The van der Waals surface area contributed by atoms with Crippen LogP contribution in [-0.4, -0.2) is 24.5 Å². The lowest BCUT2D eigenvalue weighted by atomic mass is 9.83. The average Bonchev–Trinajstić information content (AvgIpc) is 3.19. The van der Waals surface area contributed by atoms with Gasteiger partial charge < -0.3 is 15.8 Å². The number of ketones is 1. The first-order chi connectivity index (χ1) is 11.5.